The average molecular weight is 293 g/mol. The van der Waals surface area contributed by atoms with Crippen molar-refractivity contribution >= 4 is 5.91 Å². The number of nitrogens with one attached hydrogen (secondary N) is 1. The third-order valence-electron chi connectivity index (χ3n) is 2.70. The Labute approximate surface area is 124 Å². The summed E-state index contributed by atoms with van der Waals surface area (Å²) in [7, 11) is 0. The summed E-state index contributed by atoms with van der Waals surface area (Å²) in [6, 6.07) is 4.09. The lowest BCUT2D eigenvalue weighted by Crippen LogP contribution is -2.28. The second kappa shape index (κ2) is 9.92. The molecule has 1 aromatic rings. The van der Waals surface area contributed by atoms with Crippen LogP contribution in [0.25, 0.3) is 0 Å². The molecule has 1 amide bonds. The maximum absolute atomic E-state index is 13.8. The van der Waals surface area contributed by atoms with Gasteiger partial charge in [0, 0.05) is 18.7 Å². The number of hydrogen-bond donors (Lipinski definition) is 2. The van der Waals surface area contributed by atoms with E-state index in [2.05, 4.69) is 24.1 Å². The summed E-state index contributed by atoms with van der Waals surface area (Å²) < 4.78 is 19.1. The van der Waals surface area contributed by atoms with Gasteiger partial charge in [0.25, 0.3) is 5.91 Å². The number of amides is 1. The Morgan fingerprint density at radius 1 is 1.43 bits per heavy atom. The molecule has 0 saturated heterocycles. The van der Waals surface area contributed by atoms with Crippen molar-refractivity contribution in [2.75, 3.05) is 26.4 Å². The van der Waals surface area contributed by atoms with Crippen molar-refractivity contribution < 1.29 is 19.0 Å². The first-order valence-corrected chi connectivity index (χ1v) is 6.94. The Bertz CT molecular complexity index is 520. The van der Waals surface area contributed by atoms with Gasteiger partial charge < -0.3 is 15.2 Å². The molecule has 0 aliphatic carbocycles. The molecule has 21 heavy (non-hydrogen) atoms. The van der Waals surface area contributed by atoms with Gasteiger partial charge in [0.15, 0.2) is 0 Å². The molecule has 0 atom stereocenters. The van der Waals surface area contributed by atoms with Crippen LogP contribution in [-0.4, -0.2) is 37.4 Å². The summed E-state index contributed by atoms with van der Waals surface area (Å²) in [6.45, 7) is 3.20. The van der Waals surface area contributed by atoms with Crippen LogP contribution in [0, 0.1) is 17.7 Å². The van der Waals surface area contributed by atoms with Crippen molar-refractivity contribution in [1.29, 1.82) is 0 Å². The fourth-order valence-corrected chi connectivity index (χ4v) is 1.60. The predicted molar refractivity (Wildman–Crippen MR) is 78.4 cm³/mol. The van der Waals surface area contributed by atoms with E-state index in [0.29, 0.717) is 25.3 Å². The summed E-state index contributed by atoms with van der Waals surface area (Å²) in [4.78, 5) is 11.8. The van der Waals surface area contributed by atoms with Crippen LogP contribution in [0.15, 0.2) is 18.2 Å². The predicted octanol–water partition coefficient (Wildman–Crippen LogP) is 1.72. The monoisotopic (exact) mass is 293 g/mol. The molecule has 0 saturated carbocycles. The van der Waals surface area contributed by atoms with E-state index in [9.17, 15) is 9.18 Å². The lowest BCUT2D eigenvalue weighted by molar-refractivity contribution is 0.0909. The van der Waals surface area contributed by atoms with Gasteiger partial charge in [0.05, 0.1) is 12.2 Å². The molecule has 0 aliphatic rings. The van der Waals surface area contributed by atoms with Crippen molar-refractivity contribution in [2.45, 2.75) is 19.8 Å². The second-order valence-corrected chi connectivity index (χ2v) is 4.38. The highest BCUT2D eigenvalue weighted by molar-refractivity contribution is 5.94. The average Bonchev–Trinajstić information content (AvgIpc) is 2.48. The topological polar surface area (TPSA) is 58.6 Å². The number of carbonyl (C=O) groups is 1. The smallest absolute Gasteiger partial charge is 0.254 e. The molecule has 0 radical (unpaired) electrons. The van der Waals surface area contributed by atoms with E-state index in [0.717, 1.165) is 12.8 Å². The molecule has 0 heterocycles. The molecular formula is C16H20FNO3. The van der Waals surface area contributed by atoms with Crippen LogP contribution < -0.4 is 5.32 Å². The number of aliphatic hydroxyl groups excluding tert-OH is 1. The molecule has 4 nitrogen and oxygen atoms in total. The fraction of sp³-hybridized carbons (Fsp3) is 0.438. The maximum atomic E-state index is 13.8. The highest BCUT2D eigenvalue weighted by Crippen LogP contribution is 2.09. The molecule has 1 aromatic carbocycles. The Kier molecular flexibility index (Phi) is 8.10. The van der Waals surface area contributed by atoms with Crippen molar-refractivity contribution in [3.8, 4) is 11.8 Å². The first kappa shape index (κ1) is 17.2. The van der Waals surface area contributed by atoms with E-state index in [1.54, 1.807) is 6.07 Å². The molecule has 114 valence electrons. The molecule has 0 bridgehead atoms. The summed E-state index contributed by atoms with van der Waals surface area (Å²) in [6.07, 6.45) is 2.04. The minimum Gasteiger partial charge on any atom is -0.384 e. The van der Waals surface area contributed by atoms with E-state index in [4.69, 9.17) is 9.84 Å². The number of hydrogen-bond acceptors (Lipinski definition) is 3. The van der Waals surface area contributed by atoms with Gasteiger partial charge >= 0.3 is 0 Å². The van der Waals surface area contributed by atoms with Crippen LogP contribution in [0.3, 0.4) is 0 Å². The van der Waals surface area contributed by atoms with Crippen molar-refractivity contribution in [3.63, 3.8) is 0 Å². The van der Waals surface area contributed by atoms with Crippen LogP contribution in [0.4, 0.5) is 4.39 Å². The Morgan fingerprint density at radius 2 is 2.24 bits per heavy atom. The first-order valence-electron chi connectivity index (χ1n) is 6.94. The van der Waals surface area contributed by atoms with Gasteiger partial charge in [0.1, 0.15) is 12.4 Å². The van der Waals surface area contributed by atoms with Gasteiger partial charge in [-0.3, -0.25) is 4.79 Å². The van der Waals surface area contributed by atoms with Crippen molar-refractivity contribution in [2.24, 2.45) is 0 Å². The molecule has 0 unspecified atom stereocenters. The number of ether oxygens (including phenoxy) is 1. The molecule has 1 rings (SSSR count). The number of halogens is 1. The zero-order valence-corrected chi connectivity index (χ0v) is 12.1. The fourth-order valence-electron chi connectivity index (χ4n) is 1.60. The largest absolute Gasteiger partial charge is 0.384 e. The number of benzene rings is 1. The summed E-state index contributed by atoms with van der Waals surface area (Å²) in [5.74, 6) is 3.89. The maximum Gasteiger partial charge on any atom is 0.254 e. The Morgan fingerprint density at radius 3 is 2.90 bits per heavy atom. The normalized spacial score (nSPS) is 9.86. The number of rotatable bonds is 7. The van der Waals surface area contributed by atoms with Crippen LogP contribution in [-0.2, 0) is 4.74 Å². The minimum atomic E-state index is -0.635. The van der Waals surface area contributed by atoms with Crippen LogP contribution in [0.2, 0.25) is 0 Å². The second-order valence-electron chi connectivity index (χ2n) is 4.38. The molecule has 5 heteroatoms. The van der Waals surface area contributed by atoms with Gasteiger partial charge in [-0.2, -0.15) is 0 Å². The van der Waals surface area contributed by atoms with E-state index in [-0.39, 0.29) is 12.2 Å². The van der Waals surface area contributed by atoms with Crippen LogP contribution in [0.5, 0.6) is 0 Å². The van der Waals surface area contributed by atoms with Crippen LogP contribution in [0.1, 0.15) is 35.7 Å². The molecular weight excluding hydrogens is 273 g/mol. The van der Waals surface area contributed by atoms with Crippen molar-refractivity contribution in [3.05, 3.63) is 35.1 Å². The van der Waals surface area contributed by atoms with E-state index in [1.165, 1.54) is 12.1 Å². The van der Waals surface area contributed by atoms with Gasteiger partial charge in [-0.25, -0.2) is 4.39 Å². The highest BCUT2D eigenvalue weighted by atomic mass is 19.1. The van der Waals surface area contributed by atoms with Gasteiger partial charge in [0.2, 0.25) is 0 Å². The standard InChI is InChI=1S/C16H20FNO3/c1-2-3-10-21-11-8-18-16(20)14-7-6-13(5-4-9-19)12-15(14)17/h6-7,12,19H,2-3,8-11H2,1H3,(H,18,20). The molecule has 0 fully saturated rings. The van der Waals surface area contributed by atoms with Gasteiger partial charge in [-0.1, -0.05) is 25.2 Å². The quantitative estimate of drug-likeness (QED) is 0.594. The Balaban J connectivity index is 2.47. The van der Waals surface area contributed by atoms with Crippen LogP contribution >= 0.6 is 0 Å². The van der Waals surface area contributed by atoms with E-state index in [1.807, 2.05) is 0 Å². The zero-order valence-electron chi connectivity index (χ0n) is 12.1. The third kappa shape index (κ3) is 6.39. The van der Waals surface area contributed by atoms with E-state index >= 15 is 0 Å². The lowest BCUT2D eigenvalue weighted by atomic mass is 10.1. The molecule has 2 N–H and O–H groups in total. The minimum absolute atomic E-state index is 0.0295. The first-order chi connectivity index (χ1) is 10.2. The van der Waals surface area contributed by atoms with Gasteiger partial charge in [-0.15, -0.1) is 0 Å². The number of carbonyl (C=O) groups excluding carboxylic acids is 1. The zero-order chi connectivity index (χ0) is 15.5. The summed E-state index contributed by atoms with van der Waals surface area (Å²) >= 11 is 0. The lowest BCUT2D eigenvalue weighted by Gasteiger charge is -2.07. The number of aliphatic hydroxyl groups is 1. The van der Waals surface area contributed by atoms with Gasteiger partial charge in [-0.05, 0) is 24.6 Å². The molecule has 0 aliphatic heterocycles. The summed E-state index contributed by atoms with van der Waals surface area (Å²) in [5, 5.41) is 11.2. The highest BCUT2D eigenvalue weighted by Gasteiger charge is 2.11. The van der Waals surface area contributed by atoms with Crippen molar-refractivity contribution in [1.82, 2.24) is 5.32 Å². The van der Waals surface area contributed by atoms with E-state index < -0.39 is 11.7 Å². The summed E-state index contributed by atoms with van der Waals surface area (Å²) in [5.41, 5.74) is 0.388. The number of unbranched alkanes of at least 4 members (excludes halogenated alkanes) is 1. The molecule has 0 aromatic heterocycles. The SMILES string of the molecule is CCCCOCCNC(=O)c1ccc(C#CCO)cc1F. The molecule has 0 spiro atoms. The third-order valence-corrected chi connectivity index (χ3v) is 2.70. The Hall–Kier alpha value is -1.90.